The van der Waals surface area contributed by atoms with Crippen LogP contribution in [0.15, 0.2) is 41.3 Å². The van der Waals surface area contributed by atoms with E-state index in [2.05, 4.69) is 36.3 Å². The van der Waals surface area contributed by atoms with Crippen LogP contribution in [0, 0.1) is 17.6 Å². The molecule has 0 saturated carbocycles. The first-order chi connectivity index (χ1) is 21.2. The summed E-state index contributed by atoms with van der Waals surface area (Å²) in [5, 5.41) is 28.0. The minimum Gasteiger partial charge on any atom is -0.490 e. The van der Waals surface area contributed by atoms with Crippen molar-refractivity contribution in [2.75, 3.05) is 32.8 Å². The SMILES string of the molecule is CC(C)(C)OC(=O)N[C@@]1(c2ncc(OCC[C@@]3(c4cnno4)CCNCC3C(C)(C)O)cn2)CNC[C@@H]1c1cc(F)ccc1F. The zero-order valence-corrected chi connectivity index (χ0v) is 26.2. The van der Waals surface area contributed by atoms with Crippen LogP contribution in [0.5, 0.6) is 5.75 Å². The second-order valence-electron chi connectivity index (χ2n) is 13.4. The first-order valence-corrected chi connectivity index (χ1v) is 15.1. The Labute approximate surface area is 260 Å². The number of ether oxygens (including phenoxy) is 2. The zero-order chi connectivity index (χ0) is 32.5. The van der Waals surface area contributed by atoms with Crippen molar-refractivity contribution in [2.45, 2.75) is 75.5 Å². The molecule has 244 valence electrons. The molecule has 0 aliphatic carbocycles. The average Bonchev–Trinajstić information content (AvgIpc) is 3.65. The van der Waals surface area contributed by atoms with E-state index < -0.39 is 45.8 Å². The molecule has 45 heavy (non-hydrogen) atoms. The summed E-state index contributed by atoms with van der Waals surface area (Å²) in [7, 11) is 0. The van der Waals surface area contributed by atoms with Crippen molar-refractivity contribution in [2.24, 2.45) is 5.92 Å². The Balaban J connectivity index is 1.40. The minimum atomic E-state index is -1.35. The highest BCUT2D eigenvalue weighted by atomic mass is 19.1. The van der Waals surface area contributed by atoms with E-state index >= 15 is 4.39 Å². The minimum absolute atomic E-state index is 0.0792. The molecule has 12 nitrogen and oxygen atoms in total. The van der Waals surface area contributed by atoms with Crippen molar-refractivity contribution in [1.82, 2.24) is 36.3 Å². The molecule has 2 saturated heterocycles. The van der Waals surface area contributed by atoms with Gasteiger partial charge in [0.2, 0.25) is 0 Å². The summed E-state index contributed by atoms with van der Waals surface area (Å²) in [6.45, 7) is 10.7. The van der Waals surface area contributed by atoms with Crippen LogP contribution in [0.3, 0.4) is 0 Å². The molecule has 2 aliphatic rings. The molecule has 2 aliphatic heterocycles. The first-order valence-electron chi connectivity index (χ1n) is 15.1. The third-order valence-electron chi connectivity index (χ3n) is 8.72. The number of nitrogens with one attached hydrogen (secondary N) is 3. The Kier molecular flexibility index (Phi) is 9.11. The third kappa shape index (κ3) is 6.92. The molecule has 14 heteroatoms. The molecule has 0 radical (unpaired) electrons. The number of amides is 1. The lowest BCUT2D eigenvalue weighted by Gasteiger charge is -2.47. The standard InChI is InChI=1S/C31H41F2N7O5/c1-28(2,3)44-27(41)39-31(18-35-15-22(31)21-12-19(32)6-7-23(21)33)26-36-13-20(14-37-26)43-11-9-30(25-17-38-40-45-25)8-10-34-16-24(30)29(4,5)42/h6-7,12-14,17,22,24,34-35,42H,8-11,15-16,18H2,1-5H3,(H,39,41)/t22-,24?,30+,31+/m1/s1. The number of rotatable bonds is 9. The molecule has 4 heterocycles. The van der Waals surface area contributed by atoms with Gasteiger partial charge in [0.25, 0.3) is 0 Å². The molecule has 3 aromatic rings. The van der Waals surface area contributed by atoms with Gasteiger partial charge in [0, 0.05) is 42.2 Å². The number of halogens is 2. The van der Waals surface area contributed by atoms with Gasteiger partial charge in [-0.05, 0) is 77.8 Å². The van der Waals surface area contributed by atoms with E-state index in [4.69, 9.17) is 14.0 Å². The summed E-state index contributed by atoms with van der Waals surface area (Å²) in [5.41, 5.74) is -3.67. The number of benzene rings is 1. The van der Waals surface area contributed by atoms with Crippen molar-refractivity contribution in [3.63, 3.8) is 0 Å². The van der Waals surface area contributed by atoms with Gasteiger partial charge in [-0.3, -0.25) is 0 Å². The Morgan fingerprint density at radius 1 is 1.13 bits per heavy atom. The first kappa shape index (κ1) is 32.6. The van der Waals surface area contributed by atoms with Crippen molar-refractivity contribution in [3.05, 3.63) is 65.6 Å². The normalized spacial score (nSPS) is 25.6. The van der Waals surface area contributed by atoms with Crippen molar-refractivity contribution >= 4 is 6.09 Å². The summed E-state index contributed by atoms with van der Waals surface area (Å²) >= 11 is 0. The van der Waals surface area contributed by atoms with E-state index in [1.54, 1.807) is 40.8 Å². The van der Waals surface area contributed by atoms with Crippen LogP contribution in [-0.2, 0) is 15.7 Å². The zero-order valence-electron chi connectivity index (χ0n) is 26.2. The molecule has 1 unspecified atom stereocenters. The molecule has 2 aromatic heterocycles. The van der Waals surface area contributed by atoms with Crippen molar-refractivity contribution in [1.29, 1.82) is 0 Å². The van der Waals surface area contributed by atoms with E-state index in [0.717, 1.165) is 24.7 Å². The van der Waals surface area contributed by atoms with Gasteiger partial charge < -0.3 is 35.1 Å². The fourth-order valence-corrected chi connectivity index (χ4v) is 6.71. The van der Waals surface area contributed by atoms with Gasteiger partial charge in [-0.2, -0.15) is 0 Å². The number of hydrogen-bond donors (Lipinski definition) is 4. The maximum absolute atomic E-state index is 15.0. The molecule has 1 aromatic carbocycles. The van der Waals surface area contributed by atoms with E-state index in [1.807, 2.05) is 0 Å². The van der Waals surface area contributed by atoms with Crippen LogP contribution >= 0.6 is 0 Å². The van der Waals surface area contributed by atoms with E-state index in [9.17, 15) is 14.3 Å². The lowest BCUT2D eigenvalue weighted by molar-refractivity contribution is -0.0476. The van der Waals surface area contributed by atoms with Gasteiger partial charge in [-0.15, -0.1) is 5.10 Å². The van der Waals surface area contributed by atoms with E-state index in [0.29, 0.717) is 30.9 Å². The van der Waals surface area contributed by atoms with Gasteiger partial charge in [0.1, 0.15) is 22.8 Å². The molecule has 1 amide bonds. The summed E-state index contributed by atoms with van der Waals surface area (Å²) in [6.07, 6.45) is 4.99. The average molecular weight is 630 g/mol. The molecular formula is C31H41F2N7O5. The smallest absolute Gasteiger partial charge is 0.408 e. The summed E-state index contributed by atoms with van der Waals surface area (Å²) < 4.78 is 46.5. The lowest BCUT2D eigenvalue weighted by atomic mass is 9.62. The Bertz CT molecular complexity index is 1460. The van der Waals surface area contributed by atoms with Crippen LogP contribution in [0.25, 0.3) is 0 Å². The maximum atomic E-state index is 15.0. The summed E-state index contributed by atoms with van der Waals surface area (Å²) in [6, 6.07) is 3.23. The van der Waals surface area contributed by atoms with Crippen molar-refractivity contribution in [3.8, 4) is 5.75 Å². The Morgan fingerprint density at radius 3 is 2.56 bits per heavy atom. The molecule has 4 atom stereocenters. The van der Waals surface area contributed by atoms with Crippen LogP contribution in [0.2, 0.25) is 0 Å². The predicted octanol–water partition coefficient (Wildman–Crippen LogP) is 3.33. The van der Waals surface area contributed by atoms with Gasteiger partial charge in [-0.1, -0.05) is 0 Å². The molecule has 0 spiro atoms. The van der Waals surface area contributed by atoms with Crippen LogP contribution in [0.1, 0.15) is 70.5 Å². The van der Waals surface area contributed by atoms with Gasteiger partial charge in [-0.25, -0.2) is 23.5 Å². The maximum Gasteiger partial charge on any atom is 0.408 e. The fraction of sp³-hybridized carbons (Fsp3) is 0.581. The fourth-order valence-electron chi connectivity index (χ4n) is 6.71. The molecular weight excluding hydrogens is 588 g/mol. The third-order valence-corrected chi connectivity index (χ3v) is 8.72. The number of hydrogen-bond acceptors (Lipinski definition) is 11. The molecule has 2 fully saturated rings. The number of piperidine rings is 1. The highest BCUT2D eigenvalue weighted by Gasteiger charge is 2.52. The number of nitrogens with zero attached hydrogens (tertiary/aromatic N) is 4. The summed E-state index contributed by atoms with van der Waals surface area (Å²) in [4.78, 5) is 22.1. The van der Waals surface area contributed by atoms with E-state index in [1.165, 1.54) is 12.4 Å². The number of carbonyl (C=O) groups excluding carboxylic acids is 1. The number of alkyl carbamates (subject to hydrolysis) is 1. The van der Waals surface area contributed by atoms with E-state index in [-0.39, 0.29) is 37.0 Å². The largest absolute Gasteiger partial charge is 0.490 e. The lowest BCUT2D eigenvalue weighted by Crippen LogP contribution is -2.56. The Morgan fingerprint density at radius 2 is 1.89 bits per heavy atom. The van der Waals surface area contributed by atoms with Gasteiger partial charge in [0.05, 0.1) is 30.8 Å². The van der Waals surface area contributed by atoms with Crippen LogP contribution in [-0.4, -0.2) is 75.5 Å². The van der Waals surface area contributed by atoms with Crippen LogP contribution < -0.4 is 20.7 Å². The van der Waals surface area contributed by atoms with Gasteiger partial charge in [0.15, 0.2) is 17.3 Å². The number of aliphatic hydroxyl groups is 1. The second-order valence-corrected chi connectivity index (χ2v) is 13.4. The van der Waals surface area contributed by atoms with Crippen molar-refractivity contribution < 1.29 is 32.7 Å². The highest BCUT2D eigenvalue weighted by Crippen LogP contribution is 2.45. The summed E-state index contributed by atoms with van der Waals surface area (Å²) in [5.74, 6) is -1.03. The monoisotopic (exact) mass is 629 g/mol. The second kappa shape index (κ2) is 12.6. The van der Waals surface area contributed by atoms with Gasteiger partial charge >= 0.3 is 6.09 Å². The Hall–Kier alpha value is -3.75. The number of aromatic nitrogens is 4. The quantitative estimate of drug-likeness (QED) is 0.275. The topological polar surface area (TPSA) is 157 Å². The number of carbonyl (C=O) groups is 1. The molecule has 4 N–H and O–H groups in total. The highest BCUT2D eigenvalue weighted by molar-refractivity contribution is 5.69. The molecule has 0 bridgehead atoms. The van der Waals surface area contributed by atoms with Crippen LogP contribution in [0.4, 0.5) is 13.6 Å². The molecule has 5 rings (SSSR count). The predicted molar refractivity (Wildman–Crippen MR) is 158 cm³/mol.